The van der Waals surface area contributed by atoms with Crippen molar-refractivity contribution in [2.75, 3.05) is 31.6 Å². The number of carbonyl (C=O) groups excluding carboxylic acids is 1. The van der Waals surface area contributed by atoms with E-state index in [0.717, 1.165) is 10.6 Å². The lowest BCUT2D eigenvalue weighted by Crippen LogP contribution is -2.40. The van der Waals surface area contributed by atoms with E-state index in [1.807, 2.05) is 0 Å². The molecule has 0 bridgehead atoms. The van der Waals surface area contributed by atoms with Gasteiger partial charge in [0.2, 0.25) is 0 Å². The van der Waals surface area contributed by atoms with Crippen molar-refractivity contribution in [2.24, 2.45) is 15.7 Å². The van der Waals surface area contributed by atoms with E-state index in [4.69, 9.17) is 0 Å². The fourth-order valence-corrected chi connectivity index (χ4v) is 4.58. The first-order valence-corrected chi connectivity index (χ1v) is 9.69. The average Bonchev–Trinajstić information content (AvgIpc) is 2.91. The number of Topliss-reactive ketones (excluding diaryl/α,β-unsaturated/α-hetero) is 1. The smallest absolute Gasteiger partial charge is 0.323 e. The molecule has 1 saturated heterocycles. The van der Waals surface area contributed by atoms with Crippen molar-refractivity contribution in [3.05, 3.63) is 0 Å². The quantitative estimate of drug-likeness (QED) is 0.274. The molecule has 0 amide bonds. The second-order valence-electron chi connectivity index (χ2n) is 5.87. The number of hydrogen-bond donors (Lipinski definition) is 0. The van der Waals surface area contributed by atoms with E-state index >= 15 is 0 Å². The minimum atomic E-state index is -3.85. The highest BCUT2D eigenvalue weighted by atomic mass is 127. The van der Waals surface area contributed by atoms with Crippen molar-refractivity contribution >= 4 is 44.9 Å². The third kappa shape index (κ3) is 2.88. The van der Waals surface area contributed by atoms with Crippen LogP contribution >= 0.6 is 22.6 Å². The molecule has 2 rings (SSSR count). The van der Waals surface area contributed by atoms with Gasteiger partial charge in [-0.3, -0.25) is 4.79 Å². The molecule has 1 unspecified atom stereocenters. The summed E-state index contributed by atoms with van der Waals surface area (Å²) >= 11 is 1.79. The molecule has 1 atom stereocenters. The molecular formula is C12H18F2IN3O3S. The zero-order valence-electron chi connectivity index (χ0n) is 12.3. The Morgan fingerprint density at radius 1 is 1.41 bits per heavy atom. The van der Waals surface area contributed by atoms with Crippen molar-refractivity contribution in [2.45, 2.75) is 18.8 Å². The van der Waals surface area contributed by atoms with Gasteiger partial charge in [0.15, 0.2) is 5.78 Å². The molecule has 0 aromatic heterocycles. The van der Waals surface area contributed by atoms with Crippen LogP contribution in [-0.2, 0) is 15.0 Å². The molecule has 1 saturated carbocycles. The molecule has 6 nitrogen and oxygen atoms in total. The van der Waals surface area contributed by atoms with Gasteiger partial charge in [0.05, 0.1) is 15.8 Å². The van der Waals surface area contributed by atoms with Crippen LogP contribution in [0.3, 0.4) is 0 Å². The van der Waals surface area contributed by atoms with Gasteiger partial charge < -0.3 is 4.90 Å². The highest BCUT2D eigenvalue weighted by Crippen LogP contribution is 2.71. The van der Waals surface area contributed by atoms with Gasteiger partial charge in [0.1, 0.15) is 6.34 Å². The molecule has 1 aliphatic heterocycles. The van der Waals surface area contributed by atoms with Gasteiger partial charge in [-0.25, -0.2) is 8.78 Å². The summed E-state index contributed by atoms with van der Waals surface area (Å²) in [6.45, 7) is -0.0680. The molecule has 0 aromatic rings. The van der Waals surface area contributed by atoms with E-state index in [9.17, 15) is 22.0 Å². The molecule has 1 heterocycles. The van der Waals surface area contributed by atoms with Crippen molar-refractivity contribution < 1.29 is 22.0 Å². The van der Waals surface area contributed by atoms with Gasteiger partial charge in [0, 0.05) is 27.2 Å². The molecule has 10 heteroatoms. The third-order valence-corrected chi connectivity index (χ3v) is 6.43. The lowest BCUT2D eigenvalue weighted by Gasteiger charge is -2.30. The summed E-state index contributed by atoms with van der Waals surface area (Å²) < 4.78 is 56.7. The van der Waals surface area contributed by atoms with Crippen molar-refractivity contribution in [3.8, 4) is 0 Å². The Balaban J connectivity index is 2.07. The predicted molar refractivity (Wildman–Crippen MR) is 86.7 cm³/mol. The molecule has 22 heavy (non-hydrogen) atoms. The van der Waals surface area contributed by atoms with E-state index in [-0.39, 0.29) is 30.4 Å². The zero-order valence-corrected chi connectivity index (χ0v) is 15.3. The van der Waals surface area contributed by atoms with Gasteiger partial charge in [-0.1, -0.05) is 22.6 Å². The normalized spacial score (nSPS) is 27.2. The summed E-state index contributed by atoms with van der Waals surface area (Å²) in [5, 5.41) is 0. The Morgan fingerprint density at radius 2 is 1.95 bits per heavy atom. The molecule has 2 fully saturated rings. The van der Waals surface area contributed by atoms with E-state index in [1.54, 1.807) is 36.7 Å². The molecule has 0 radical (unpaired) electrons. The Hall–Kier alpha value is -0.360. The van der Waals surface area contributed by atoms with Gasteiger partial charge >= 0.3 is 10.2 Å². The highest BCUT2D eigenvalue weighted by molar-refractivity contribution is 14.1. The number of ketones is 1. The lowest BCUT2D eigenvalue weighted by atomic mass is 9.90. The molecule has 126 valence electrons. The number of piperidine rings is 1. The van der Waals surface area contributed by atoms with Gasteiger partial charge in [0.25, 0.3) is 5.92 Å². The van der Waals surface area contributed by atoms with Crippen LogP contribution in [0.15, 0.2) is 4.40 Å². The fourth-order valence-electron chi connectivity index (χ4n) is 3.06. The SMILES string of the molecule is CN(C)C=NS(=O)(=O)N1CCC2(CC1)C(C(=O)CI)C2(F)F. The lowest BCUT2D eigenvalue weighted by molar-refractivity contribution is -0.119. The highest BCUT2D eigenvalue weighted by Gasteiger charge is 2.82. The number of rotatable bonds is 5. The van der Waals surface area contributed by atoms with Crippen LogP contribution in [0.1, 0.15) is 12.8 Å². The number of hydrogen-bond acceptors (Lipinski definition) is 3. The maximum absolute atomic E-state index is 14.0. The van der Waals surface area contributed by atoms with E-state index in [2.05, 4.69) is 4.40 Å². The topological polar surface area (TPSA) is 70.1 Å². The summed E-state index contributed by atoms with van der Waals surface area (Å²) in [5.41, 5.74) is -1.35. The van der Waals surface area contributed by atoms with Crippen LogP contribution in [0.25, 0.3) is 0 Å². The summed E-state index contributed by atoms with van der Waals surface area (Å²) in [4.78, 5) is 13.1. The van der Waals surface area contributed by atoms with Crippen LogP contribution < -0.4 is 0 Å². The number of halogens is 3. The fraction of sp³-hybridized carbons (Fsp3) is 0.833. The molecule has 0 N–H and O–H groups in total. The van der Waals surface area contributed by atoms with Crippen LogP contribution in [0.2, 0.25) is 0 Å². The largest absolute Gasteiger partial charge is 0.368 e. The number of alkyl halides is 3. The summed E-state index contributed by atoms with van der Waals surface area (Å²) in [5.74, 6) is -4.72. The summed E-state index contributed by atoms with van der Waals surface area (Å²) in [6.07, 6.45) is 1.14. The summed E-state index contributed by atoms with van der Waals surface area (Å²) in [6, 6.07) is 0. The molecule has 2 aliphatic rings. The monoisotopic (exact) mass is 449 g/mol. The Morgan fingerprint density at radius 3 is 2.41 bits per heavy atom. The van der Waals surface area contributed by atoms with Crippen molar-refractivity contribution in [1.82, 2.24) is 9.21 Å². The van der Waals surface area contributed by atoms with Crippen LogP contribution in [-0.4, -0.2) is 67.3 Å². The summed E-state index contributed by atoms with van der Waals surface area (Å²) in [7, 11) is -0.583. The van der Waals surface area contributed by atoms with Crippen LogP contribution in [0.5, 0.6) is 0 Å². The van der Waals surface area contributed by atoms with Gasteiger partial charge in [-0.15, -0.1) is 4.40 Å². The molecule has 1 spiro atoms. The van der Waals surface area contributed by atoms with Crippen molar-refractivity contribution in [3.63, 3.8) is 0 Å². The predicted octanol–water partition coefficient (Wildman–Crippen LogP) is 1.17. The minimum absolute atomic E-state index is 0.0102. The van der Waals surface area contributed by atoms with Gasteiger partial charge in [-0.05, 0) is 12.8 Å². The second-order valence-corrected chi connectivity index (χ2v) is 8.26. The average molecular weight is 449 g/mol. The Kier molecular flexibility index (Phi) is 4.85. The first kappa shape index (κ1) is 18.0. The Bertz CT molecular complexity index is 586. The van der Waals surface area contributed by atoms with E-state index in [1.165, 1.54) is 4.90 Å². The molecule has 1 aliphatic carbocycles. The van der Waals surface area contributed by atoms with Crippen LogP contribution in [0, 0.1) is 11.3 Å². The van der Waals surface area contributed by atoms with E-state index < -0.39 is 33.2 Å². The first-order valence-electron chi connectivity index (χ1n) is 6.77. The maximum atomic E-state index is 14.0. The maximum Gasteiger partial charge on any atom is 0.323 e. The van der Waals surface area contributed by atoms with Gasteiger partial charge in [-0.2, -0.15) is 12.7 Å². The Labute approximate surface area is 142 Å². The number of nitrogens with zero attached hydrogens (tertiary/aromatic N) is 3. The second kappa shape index (κ2) is 5.93. The van der Waals surface area contributed by atoms with Crippen molar-refractivity contribution in [1.29, 1.82) is 0 Å². The standard InChI is InChI=1S/C12H18F2IN3O3S/c1-17(2)8-16-22(20,21)18-5-3-11(4-6-18)10(9(19)7-15)12(11,13)14/h8,10H,3-7H2,1-2H3. The third-order valence-electron chi connectivity index (χ3n) is 4.30. The van der Waals surface area contributed by atoms with Crippen LogP contribution in [0.4, 0.5) is 8.78 Å². The minimum Gasteiger partial charge on any atom is -0.368 e. The molecular weight excluding hydrogens is 431 g/mol. The molecule has 0 aromatic carbocycles. The first-order chi connectivity index (χ1) is 10.1. The zero-order chi connectivity index (χ0) is 16.8. The van der Waals surface area contributed by atoms with E-state index in [0.29, 0.717) is 0 Å². The number of carbonyl (C=O) groups is 1.